The Balaban J connectivity index is 2.72. The van der Waals surface area contributed by atoms with Crippen LogP contribution in [0.2, 0.25) is 0 Å². The van der Waals surface area contributed by atoms with Gasteiger partial charge in [-0.15, -0.1) is 0 Å². The highest BCUT2D eigenvalue weighted by Crippen LogP contribution is 2.35. The Bertz CT molecular complexity index is 764. The molecule has 5 nitrogen and oxygen atoms in total. The molecule has 1 amide bonds. The lowest BCUT2D eigenvalue weighted by molar-refractivity contribution is -0.140. The molecular weight excluding hydrogens is 301 g/mol. The molecule has 1 heterocycles. The lowest BCUT2D eigenvalue weighted by Crippen LogP contribution is -2.27. The number of H-pyrrole nitrogens is 1. The third kappa shape index (κ3) is 2.95. The number of primary amides is 1. The first-order valence-electron chi connectivity index (χ1n) is 6.02. The van der Waals surface area contributed by atoms with Crippen LogP contribution in [-0.4, -0.2) is 18.0 Å². The molecule has 1 aromatic heterocycles. The van der Waals surface area contributed by atoms with Gasteiger partial charge in [0.05, 0.1) is 7.11 Å². The van der Waals surface area contributed by atoms with E-state index >= 15 is 0 Å². The van der Waals surface area contributed by atoms with Crippen LogP contribution < -0.4 is 16.0 Å². The number of hydrogen-bond acceptors (Lipinski definition) is 3. The number of methoxy groups -OCH3 is 1. The number of hydrogen-bond donors (Lipinski definition) is 2. The normalized spacial score (nSPS) is 11.3. The molecule has 22 heavy (non-hydrogen) atoms. The number of alkyl halides is 3. The summed E-state index contributed by atoms with van der Waals surface area (Å²) in [5.41, 5.74) is 1.85. The van der Waals surface area contributed by atoms with E-state index in [4.69, 9.17) is 10.5 Å². The zero-order valence-corrected chi connectivity index (χ0v) is 11.3. The van der Waals surface area contributed by atoms with Crippen molar-refractivity contribution in [2.24, 2.45) is 5.73 Å². The molecule has 2 aromatic rings. The number of ether oxygens (including phenoxy) is 1. The number of nitrogens with two attached hydrogens (primary N) is 1. The van der Waals surface area contributed by atoms with E-state index in [1.165, 1.54) is 31.4 Å². The van der Waals surface area contributed by atoms with Crippen molar-refractivity contribution in [2.45, 2.75) is 6.18 Å². The van der Waals surface area contributed by atoms with Gasteiger partial charge in [-0.05, 0) is 23.8 Å². The van der Waals surface area contributed by atoms with Crippen molar-refractivity contribution in [3.05, 3.63) is 51.9 Å². The van der Waals surface area contributed by atoms with Crippen LogP contribution >= 0.6 is 0 Å². The van der Waals surface area contributed by atoms with Crippen LogP contribution in [0, 0.1) is 0 Å². The molecule has 116 valence electrons. The highest BCUT2D eigenvalue weighted by Gasteiger charge is 2.36. The summed E-state index contributed by atoms with van der Waals surface area (Å²) in [6.45, 7) is 0. The summed E-state index contributed by atoms with van der Waals surface area (Å²) in [5, 5.41) is 0. The van der Waals surface area contributed by atoms with Crippen LogP contribution in [0.4, 0.5) is 13.2 Å². The second kappa shape index (κ2) is 5.55. The Kier molecular flexibility index (Phi) is 3.94. The number of nitrogens with one attached hydrogen (secondary N) is 1. The monoisotopic (exact) mass is 312 g/mol. The lowest BCUT2D eigenvalue weighted by Gasteiger charge is -2.14. The van der Waals surface area contributed by atoms with Crippen LogP contribution in [0.3, 0.4) is 0 Å². The van der Waals surface area contributed by atoms with E-state index in [0.29, 0.717) is 5.75 Å². The first kappa shape index (κ1) is 15.6. The minimum Gasteiger partial charge on any atom is -0.497 e. The first-order valence-corrected chi connectivity index (χ1v) is 6.02. The molecule has 3 N–H and O–H groups in total. The second-order valence-electron chi connectivity index (χ2n) is 4.39. The Morgan fingerprint density at radius 3 is 2.27 bits per heavy atom. The van der Waals surface area contributed by atoms with E-state index in [2.05, 4.69) is 0 Å². The van der Waals surface area contributed by atoms with Crippen LogP contribution in [-0.2, 0) is 6.18 Å². The second-order valence-corrected chi connectivity index (χ2v) is 4.39. The fourth-order valence-corrected chi connectivity index (χ4v) is 1.94. The van der Waals surface area contributed by atoms with Crippen molar-refractivity contribution >= 4 is 5.91 Å². The van der Waals surface area contributed by atoms with Gasteiger partial charge in [-0.3, -0.25) is 9.59 Å². The molecule has 0 unspecified atom stereocenters. The van der Waals surface area contributed by atoms with Crippen molar-refractivity contribution < 1.29 is 22.7 Å². The predicted octanol–water partition coefficient (Wildman–Crippen LogP) is 2.17. The molecule has 1 aromatic carbocycles. The van der Waals surface area contributed by atoms with Crippen molar-refractivity contribution in [2.75, 3.05) is 7.11 Å². The Morgan fingerprint density at radius 1 is 1.23 bits per heavy atom. The average molecular weight is 312 g/mol. The van der Waals surface area contributed by atoms with Gasteiger partial charge < -0.3 is 15.5 Å². The van der Waals surface area contributed by atoms with Crippen molar-refractivity contribution in [3.63, 3.8) is 0 Å². The van der Waals surface area contributed by atoms with Gasteiger partial charge in [-0.25, -0.2) is 0 Å². The first-order chi connectivity index (χ1) is 10.2. The van der Waals surface area contributed by atoms with Crippen molar-refractivity contribution in [1.82, 2.24) is 4.98 Å². The van der Waals surface area contributed by atoms with E-state index in [9.17, 15) is 22.8 Å². The van der Waals surface area contributed by atoms with Gasteiger partial charge in [-0.2, -0.15) is 13.2 Å². The van der Waals surface area contributed by atoms with E-state index in [1.54, 1.807) is 4.98 Å². The SMILES string of the molecule is COc1ccc(-c2cc(C(N)=O)c(=O)[nH]c2C(F)(F)F)cc1. The highest BCUT2D eigenvalue weighted by molar-refractivity contribution is 5.93. The van der Waals surface area contributed by atoms with Gasteiger partial charge in [0.15, 0.2) is 0 Å². The molecule has 0 atom stereocenters. The Hall–Kier alpha value is -2.77. The molecular formula is C14H11F3N2O3. The fourth-order valence-electron chi connectivity index (χ4n) is 1.94. The standard InChI is InChI=1S/C14H11F3N2O3/c1-22-8-4-2-7(3-5-8)9-6-10(12(18)20)13(21)19-11(9)14(15,16)17/h2-6H,1H3,(H2,18,20)(H,19,21). The smallest absolute Gasteiger partial charge is 0.431 e. The van der Waals surface area contributed by atoms with Crippen LogP contribution in [0.5, 0.6) is 5.75 Å². The van der Waals surface area contributed by atoms with Crippen molar-refractivity contribution in [1.29, 1.82) is 0 Å². The number of halogens is 3. The summed E-state index contributed by atoms with van der Waals surface area (Å²) in [7, 11) is 1.42. The van der Waals surface area contributed by atoms with E-state index in [-0.39, 0.29) is 11.1 Å². The maximum Gasteiger partial charge on any atom is 0.431 e. The quantitative estimate of drug-likeness (QED) is 0.911. The van der Waals surface area contributed by atoms with Gasteiger partial charge in [0.2, 0.25) is 0 Å². The van der Waals surface area contributed by atoms with Gasteiger partial charge >= 0.3 is 6.18 Å². The summed E-state index contributed by atoms with van der Waals surface area (Å²) >= 11 is 0. The molecule has 0 aliphatic heterocycles. The molecule has 0 bridgehead atoms. The topological polar surface area (TPSA) is 85.2 Å². The van der Waals surface area contributed by atoms with Crippen LogP contribution in [0.1, 0.15) is 16.1 Å². The average Bonchev–Trinajstić information content (AvgIpc) is 2.46. The number of pyridine rings is 1. The molecule has 0 saturated carbocycles. The van der Waals surface area contributed by atoms with Crippen LogP contribution in [0.15, 0.2) is 35.1 Å². The van der Waals surface area contributed by atoms with Gasteiger partial charge in [-0.1, -0.05) is 12.1 Å². The number of aromatic amines is 1. The molecule has 2 rings (SSSR count). The van der Waals surface area contributed by atoms with Gasteiger partial charge in [0.1, 0.15) is 17.0 Å². The van der Waals surface area contributed by atoms with Gasteiger partial charge in [0.25, 0.3) is 11.5 Å². The number of carbonyl (C=O) groups excluding carboxylic acids is 1. The maximum atomic E-state index is 13.1. The number of aromatic nitrogens is 1. The number of amides is 1. The number of rotatable bonds is 3. The number of carbonyl (C=O) groups is 1. The summed E-state index contributed by atoms with van der Waals surface area (Å²) in [5.74, 6) is -0.651. The Labute approximate surface area is 122 Å². The third-order valence-corrected chi connectivity index (χ3v) is 2.99. The summed E-state index contributed by atoms with van der Waals surface area (Å²) in [6.07, 6.45) is -4.79. The maximum absolute atomic E-state index is 13.1. The molecule has 0 fully saturated rings. The molecule has 0 saturated heterocycles. The molecule has 0 aliphatic rings. The third-order valence-electron chi connectivity index (χ3n) is 2.99. The van der Waals surface area contributed by atoms with Crippen molar-refractivity contribution in [3.8, 4) is 16.9 Å². The van der Waals surface area contributed by atoms with Crippen LogP contribution in [0.25, 0.3) is 11.1 Å². The molecule has 8 heteroatoms. The fraction of sp³-hybridized carbons (Fsp3) is 0.143. The van der Waals surface area contributed by atoms with E-state index < -0.39 is 28.9 Å². The minimum atomic E-state index is -4.79. The zero-order chi connectivity index (χ0) is 16.5. The number of benzene rings is 1. The molecule has 0 spiro atoms. The summed E-state index contributed by atoms with van der Waals surface area (Å²) < 4.78 is 44.2. The van der Waals surface area contributed by atoms with Gasteiger partial charge in [0, 0.05) is 5.56 Å². The summed E-state index contributed by atoms with van der Waals surface area (Å²) in [6, 6.07) is 6.53. The largest absolute Gasteiger partial charge is 0.497 e. The lowest BCUT2D eigenvalue weighted by atomic mass is 10.0. The Morgan fingerprint density at radius 2 is 1.82 bits per heavy atom. The van der Waals surface area contributed by atoms with E-state index in [0.717, 1.165) is 6.07 Å². The molecule has 0 radical (unpaired) electrons. The van der Waals surface area contributed by atoms with E-state index in [1.807, 2.05) is 0 Å². The molecule has 0 aliphatic carbocycles. The highest BCUT2D eigenvalue weighted by atomic mass is 19.4. The predicted molar refractivity (Wildman–Crippen MR) is 72.6 cm³/mol. The zero-order valence-electron chi connectivity index (χ0n) is 11.3. The summed E-state index contributed by atoms with van der Waals surface area (Å²) in [4.78, 5) is 24.4. The minimum absolute atomic E-state index is 0.159.